The number of rotatable bonds is 6. The van der Waals surface area contributed by atoms with Gasteiger partial charge in [-0.2, -0.15) is 0 Å². The van der Waals surface area contributed by atoms with Crippen LogP contribution in [-0.4, -0.2) is 15.9 Å². The molecular weight excluding hydrogens is 406 g/mol. The number of hydrogen-bond donors (Lipinski definition) is 3. The van der Waals surface area contributed by atoms with Crippen molar-refractivity contribution in [1.82, 2.24) is 9.97 Å². The van der Waals surface area contributed by atoms with Crippen molar-refractivity contribution in [1.29, 1.82) is 0 Å². The first-order valence-corrected chi connectivity index (χ1v) is 9.07. The summed E-state index contributed by atoms with van der Waals surface area (Å²) < 4.78 is 0.983. The monoisotopic (exact) mass is 423 g/mol. The maximum absolute atomic E-state index is 11.7. The third-order valence-electron chi connectivity index (χ3n) is 3.48. The average Bonchev–Trinajstić information content (AvgIpc) is 2.62. The Balaban J connectivity index is 1.72. The molecule has 1 heterocycles. The molecule has 3 N–H and O–H groups in total. The molecule has 0 aliphatic rings. The third kappa shape index (κ3) is 5.65. The largest absolute Gasteiger partial charge is 0.340 e. The van der Waals surface area contributed by atoms with E-state index in [1.807, 2.05) is 54.6 Å². The Morgan fingerprint density at radius 1 is 0.926 bits per heavy atom. The van der Waals surface area contributed by atoms with E-state index in [1.54, 1.807) is 13.0 Å². The second kappa shape index (κ2) is 8.95. The van der Waals surface area contributed by atoms with Crippen molar-refractivity contribution in [2.75, 3.05) is 16.0 Å². The van der Waals surface area contributed by atoms with Crippen molar-refractivity contribution in [3.05, 3.63) is 77.5 Å². The van der Waals surface area contributed by atoms with E-state index in [2.05, 4.69) is 41.8 Å². The number of nitrogens with one attached hydrogen (secondary N) is 3. The van der Waals surface area contributed by atoms with Crippen LogP contribution < -0.4 is 16.0 Å². The number of carbonyl (C=O) groups is 1. The first-order chi connectivity index (χ1) is 13.1. The Morgan fingerprint density at radius 3 is 2.22 bits per heavy atom. The summed E-state index contributed by atoms with van der Waals surface area (Å²) in [4.78, 5) is 20.2. The number of benzene rings is 2. The van der Waals surface area contributed by atoms with Gasteiger partial charge in [0.05, 0.1) is 0 Å². The predicted molar refractivity (Wildman–Crippen MR) is 113 cm³/mol. The van der Waals surface area contributed by atoms with Gasteiger partial charge in [-0.25, -0.2) is 9.97 Å². The number of nitrogens with zero attached hydrogens (tertiary/aromatic N) is 2. The Kier molecular flexibility index (Phi) is 6.17. The van der Waals surface area contributed by atoms with Gasteiger partial charge in [0.15, 0.2) is 0 Å². The minimum Gasteiger partial charge on any atom is -0.340 e. The van der Waals surface area contributed by atoms with Crippen LogP contribution in [0.5, 0.6) is 0 Å². The topological polar surface area (TPSA) is 78.9 Å². The second-order valence-corrected chi connectivity index (χ2v) is 6.53. The van der Waals surface area contributed by atoms with Gasteiger partial charge >= 0.3 is 0 Å². The number of allylic oxidation sites excluding steroid dienone is 1. The first-order valence-electron chi connectivity index (χ1n) is 8.28. The lowest BCUT2D eigenvalue weighted by Gasteiger charge is -2.10. The van der Waals surface area contributed by atoms with Crippen LogP contribution >= 0.6 is 15.9 Å². The summed E-state index contributed by atoms with van der Waals surface area (Å²) in [5, 5.41) is 9.26. The highest BCUT2D eigenvalue weighted by molar-refractivity contribution is 9.10. The van der Waals surface area contributed by atoms with E-state index in [0.717, 1.165) is 15.8 Å². The molecule has 0 aliphatic heterocycles. The molecule has 136 valence electrons. The molecule has 7 heteroatoms. The highest BCUT2D eigenvalue weighted by Crippen LogP contribution is 2.23. The van der Waals surface area contributed by atoms with Gasteiger partial charge in [0.1, 0.15) is 18.0 Å². The van der Waals surface area contributed by atoms with Gasteiger partial charge in [-0.15, -0.1) is 0 Å². The summed E-state index contributed by atoms with van der Waals surface area (Å²) in [6.07, 6.45) is 4.66. The quantitative estimate of drug-likeness (QED) is 0.472. The summed E-state index contributed by atoms with van der Waals surface area (Å²) in [6, 6.07) is 17.1. The van der Waals surface area contributed by atoms with Crippen LogP contribution in [0.25, 0.3) is 0 Å². The molecule has 1 aromatic heterocycles. The Morgan fingerprint density at radius 2 is 1.56 bits per heavy atom. The zero-order chi connectivity index (χ0) is 19.1. The fourth-order valence-electron chi connectivity index (χ4n) is 2.37. The van der Waals surface area contributed by atoms with E-state index < -0.39 is 0 Å². The predicted octanol–water partition coefficient (Wildman–Crippen LogP) is 5.24. The summed E-state index contributed by atoms with van der Waals surface area (Å²) in [7, 11) is 0. The SMILES string of the molecule is CC=CC(=O)Nc1cccc(Nc2cc(Nc3cccc(Br)c3)ncn2)c1. The fraction of sp³-hybridized carbons (Fsp3) is 0.0500. The minimum absolute atomic E-state index is 0.169. The molecule has 0 radical (unpaired) electrons. The maximum atomic E-state index is 11.7. The smallest absolute Gasteiger partial charge is 0.248 e. The lowest BCUT2D eigenvalue weighted by atomic mass is 10.2. The summed E-state index contributed by atoms with van der Waals surface area (Å²) in [5.74, 6) is 1.14. The molecule has 0 unspecified atom stereocenters. The molecule has 0 aliphatic carbocycles. The van der Waals surface area contributed by atoms with Gasteiger partial charge in [0.25, 0.3) is 0 Å². The van der Waals surface area contributed by atoms with Crippen LogP contribution in [0.1, 0.15) is 6.92 Å². The summed E-state index contributed by atoms with van der Waals surface area (Å²) in [6.45, 7) is 1.80. The van der Waals surface area contributed by atoms with Crippen LogP contribution in [0.3, 0.4) is 0 Å². The van der Waals surface area contributed by atoms with E-state index in [-0.39, 0.29) is 5.91 Å². The van der Waals surface area contributed by atoms with Crippen molar-refractivity contribution in [3.8, 4) is 0 Å². The Labute approximate surface area is 165 Å². The molecule has 27 heavy (non-hydrogen) atoms. The molecule has 0 atom stereocenters. The van der Waals surface area contributed by atoms with Crippen molar-refractivity contribution < 1.29 is 4.79 Å². The van der Waals surface area contributed by atoms with Gasteiger partial charge in [-0.3, -0.25) is 4.79 Å². The normalized spacial score (nSPS) is 10.6. The molecule has 0 saturated carbocycles. The summed E-state index contributed by atoms with van der Waals surface area (Å²) in [5.41, 5.74) is 2.42. The number of halogens is 1. The zero-order valence-electron chi connectivity index (χ0n) is 14.6. The minimum atomic E-state index is -0.169. The first kappa shape index (κ1) is 18.6. The van der Waals surface area contributed by atoms with Crippen LogP contribution in [0.4, 0.5) is 28.7 Å². The van der Waals surface area contributed by atoms with Gasteiger partial charge < -0.3 is 16.0 Å². The number of aromatic nitrogens is 2. The van der Waals surface area contributed by atoms with E-state index in [1.165, 1.54) is 12.4 Å². The van der Waals surface area contributed by atoms with Crippen LogP contribution in [-0.2, 0) is 4.79 Å². The second-order valence-electron chi connectivity index (χ2n) is 5.62. The molecule has 0 saturated heterocycles. The molecule has 3 aromatic rings. The van der Waals surface area contributed by atoms with Gasteiger partial charge in [0.2, 0.25) is 5.91 Å². The van der Waals surface area contributed by atoms with E-state index in [4.69, 9.17) is 0 Å². The van der Waals surface area contributed by atoms with Crippen LogP contribution in [0, 0.1) is 0 Å². The molecule has 3 rings (SSSR count). The van der Waals surface area contributed by atoms with E-state index in [0.29, 0.717) is 17.3 Å². The molecular formula is C20H18BrN5O. The van der Waals surface area contributed by atoms with Crippen molar-refractivity contribution in [3.63, 3.8) is 0 Å². The third-order valence-corrected chi connectivity index (χ3v) is 3.98. The van der Waals surface area contributed by atoms with Gasteiger partial charge in [-0.1, -0.05) is 34.1 Å². The van der Waals surface area contributed by atoms with Crippen molar-refractivity contribution in [2.24, 2.45) is 0 Å². The molecule has 0 spiro atoms. The van der Waals surface area contributed by atoms with Crippen LogP contribution in [0.2, 0.25) is 0 Å². The summed E-state index contributed by atoms with van der Waals surface area (Å²) >= 11 is 3.45. The Hall–Kier alpha value is -3.19. The Bertz CT molecular complexity index is 974. The molecule has 1 amide bonds. The lowest BCUT2D eigenvalue weighted by Crippen LogP contribution is -2.07. The van der Waals surface area contributed by atoms with E-state index >= 15 is 0 Å². The standard InChI is InChI=1S/C20H18BrN5O/c1-2-5-20(27)26-17-9-4-8-16(11-17)25-19-12-18(22-13-23-19)24-15-7-3-6-14(21)10-15/h2-13H,1H3,(H,26,27)(H2,22,23,24,25). The highest BCUT2D eigenvalue weighted by Gasteiger charge is 2.03. The molecule has 0 fully saturated rings. The van der Waals surface area contributed by atoms with Crippen molar-refractivity contribution in [2.45, 2.75) is 6.92 Å². The number of carbonyl (C=O) groups excluding carboxylic acids is 1. The van der Waals surface area contributed by atoms with E-state index in [9.17, 15) is 4.79 Å². The molecule has 0 bridgehead atoms. The highest BCUT2D eigenvalue weighted by atomic mass is 79.9. The van der Waals surface area contributed by atoms with Gasteiger partial charge in [-0.05, 0) is 49.4 Å². The number of anilines is 5. The number of amides is 1. The average molecular weight is 424 g/mol. The zero-order valence-corrected chi connectivity index (χ0v) is 16.2. The maximum Gasteiger partial charge on any atom is 0.248 e. The van der Waals surface area contributed by atoms with Crippen LogP contribution in [0.15, 0.2) is 77.5 Å². The molecule has 2 aromatic carbocycles. The number of hydrogen-bond acceptors (Lipinski definition) is 5. The fourth-order valence-corrected chi connectivity index (χ4v) is 2.77. The lowest BCUT2D eigenvalue weighted by molar-refractivity contribution is -0.111. The molecule has 6 nitrogen and oxygen atoms in total. The van der Waals surface area contributed by atoms with Gasteiger partial charge in [0, 0.05) is 27.6 Å². The van der Waals surface area contributed by atoms with Crippen molar-refractivity contribution >= 4 is 50.5 Å².